The van der Waals surface area contributed by atoms with Crippen LogP contribution in [-0.2, 0) is 18.0 Å². The van der Waals surface area contributed by atoms with Crippen molar-refractivity contribution in [2.24, 2.45) is 13.0 Å². The molecule has 3 aromatic rings. The molecule has 2 aliphatic heterocycles. The highest BCUT2D eigenvalue weighted by Gasteiger charge is 2.37. The zero-order valence-electron chi connectivity index (χ0n) is 22.7. The molecule has 4 heterocycles. The number of imidazole rings is 1. The lowest BCUT2D eigenvalue weighted by molar-refractivity contribution is -0.140. The number of H-pyrrole nitrogens is 1. The molecule has 11 nitrogen and oxygen atoms in total. The number of halogens is 3. The molecule has 2 fully saturated rings. The lowest BCUT2D eigenvalue weighted by Gasteiger charge is -2.37. The summed E-state index contributed by atoms with van der Waals surface area (Å²) in [5.74, 6) is -0.652. The van der Waals surface area contributed by atoms with Gasteiger partial charge in [-0.15, -0.1) is 0 Å². The minimum atomic E-state index is -4.65. The summed E-state index contributed by atoms with van der Waals surface area (Å²) in [6.07, 6.45) is -0.753. The molecule has 0 atom stereocenters. The third-order valence-corrected chi connectivity index (χ3v) is 7.67. The van der Waals surface area contributed by atoms with Crippen molar-refractivity contribution in [3.8, 4) is 11.3 Å². The molecule has 3 N–H and O–H groups in total. The van der Waals surface area contributed by atoms with Gasteiger partial charge in [0.1, 0.15) is 5.69 Å². The number of aryl methyl sites for hydroxylation is 1. The highest BCUT2D eigenvalue weighted by molar-refractivity contribution is 6.03. The summed E-state index contributed by atoms with van der Waals surface area (Å²) in [6, 6.07) is 4.88. The predicted molar refractivity (Wildman–Crippen MR) is 143 cm³/mol. The second-order valence-corrected chi connectivity index (χ2v) is 10.3. The van der Waals surface area contributed by atoms with Gasteiger partial charge in [0.25, 0.3) is 11.8 Å². The number of piperidine rings is 1. The lowest BCUT2D eigenvalue weighted by Crippen LogP contribution is -2.52. The number of carbonyl (C=O) groups is 3. The van der Waals surface area contributed by atoms with Crippen LogP contribution in [0.4, 0.5) is 18.9 Å². The quantitative estimate of drug-likeness (QED) is 0.432. The number of hydrogen-bond acceptors (Lipinski definition) is 6. The fourth-order valence-corrected chi connectivity index (χ4v) is 5.36. The molecule has 5 rings (SSSR count). The summed E-state index contributed by atoms with van der Waals surface area (Å²) in [5, 5.41) is 11.4. The van der Waals surface area contributed by atoms with Crippen molar-refractivity contribution >= 4 is 23.4 Å². The Morgan fingerprint density at radius 2 is 1.71 bits per heavy atom. The van der Waals surface area contributed by atoms with E-state index in [-0.39, 0.29) is 34.8 Å². The largest absolute Gasteiger partial charge is 0.433 e. The third-order valence-electron chi connectivity index (χ3n) is 7.67. The van der Waals surface area contributed by atoms with Crippen molar-refractivity contribution in [2.75, 3.05) is 44.6 Å². The standard InChI is InChI=1S/C27H31F3N8O3/c1-16-13-18(34-24(39)23-32-15-21(36(23)2)20-14-33-35-22(20)27(28,29)30)3-4-19(16)26(41)38-11-9-37(10-12-38)25(40)17-5-7-31-8-6-17/h3-4,13-15,17,31H,5-12H2,1-2H3,(H,33,35)(H,34,39). The van der Waals surface area contributed by atoms with Crippen LogP contribution in [0.3, 0.4) is 0 Å². The first-order valence-corrected chi connectivity index (χ1v) is 13.4. The molecule has 218 valence electrons. The highest BCUT2D eigenvalue weighted by atomic mass is 19.4. The first-order valence-electron chi connectivity index (χ1n) is 13.4. The maximum absolute atomic E-state index is 13.3. The molecular formula is C27H31F3N8O3. The summed E-state index contributed by atoms with van der Waals surface area (Å²) >= 11 is 0. The number of aromatic nitrogens is 4. The van der Waals surface area contributed by atoms with Crippen molar-refractivity contribution in [1.29, 1.82) is 0 Å². The zero-order chi connectivity index (χ0) is 29.3. The van der Waals surface area contributed by atoms with Crippen molar-refractivity contribution in [2.45, 2.75) is 25.9 Å². The molecule has 0 aliphatic carbocycles. The molecule has 2 saturated heterocycles. The van der Waals surface area contributed by atoms with Crippen LogP contribution in [0.2, 0.25) is 0 Å². The van der Waals surface area contributed by atoms with Gasteiger partial charge in [-0.3, -0.25) is 19.5 Å². The Hall–Kier alpha value is -4.20. The van der Waals surface area contributed by atoms with Gasteiger partial charge in [0, 0.05) is 50.4 Å². The van der Waals surface area contributed by atoms with Crippen molar-refractivity contribution in [3.05, 3.63) is 53.2 Å². The molecule has 2 aliphatic rings. The first kappa shape index (κ1) is 28.3. The van der Waals surface area contributed by atoms with Gasteiger partial charge in [-0.25, -0.2) is 4.98 Å². The number of piperazine rings is 1. The van der Waals surface area contributed by atoms with E-state index in [1.54, 1.807) is 30.0 Å². The van der Waals surface area contributed by atoms with Gasteiger partial charge in [0.15, 0.2) is 5.82 Å². The van der Waals surface area contributed by atoms with E-state index >= 15 is 0 Å². The van der Waals surface area contributed by atoms with Crippen LogP contribution in [-0.4, -0.2) is 86.5 Å². The zero-order valence-corrected chi connectivity index (χ0v) is 22.7. The maximum Gasteiger partial charge on any atom is 0.433 e. The Bertz CT molecular complexity index is 1450. The van der Waals surface area contributed by atoms with Crippen LogP contribution in [0.1, 0.15) is 45.1 Å². The Labute approximate surface area is 234 Å². The fourth-order valence-electron chi connectivity index (χ4n) is 5.36. The van der Waals surface area contributed by atoms with Gasteiger partial charge in [-0.1, -0.05) is 0 Å². The van der Waals surface area contributed by atoms with E-state index in [0.29, 0.717) is 43.0 Å². The van der Waals surface area contributed by atoms with E-state index < -0.39 is 17.8 Å². The van der Waals surface area contributed by atoms with Gasteiger partial charge in [0.05, 0.1) is 23.7 Å². The summed E-state index contributed by atoms with van der Waals surface area (Å²) < 4.78 is 41.1. The molecule has 2 aromatic heterocycles. The van der Waals surface area contributed by atoms with Crippen LogP contribution in [0, 0.1) is 12.8 Å². The molecule has 41 heavy (non-hydrogen) atoms. The Balaban J connectivity index is 1.22. The molecule has 0 saturated carbocycles. The predicted octanol–water partition coefficient (Wildman–Crippen LogP) is 2.67. The Morgan fingerprint density at radius 3 is 2.37 bits per heavy atom. The van der Waals surface area contributed by atoms with E-state index in [1.165, 1.54) is 17.8 Å². The number of hydrogen-bond donors (Lipinski definition) is 3. The molecule has 1 aromatic carbocycles. The van der Waals surface area contributed by atoms with Gasteiger partial charge < -0.3 is 25.0 Å². The van der Waals surface area contributed by atoms with E-state index in [0.717, 1.165) is 32.1 Å². The number of carbonyl (C=O) groups excluding carboxylic acids is 3. The second kappa shape index (κ2) is 11.4. The minimum Gasteiger partial charge on any atom is -0.339 e. The van der Waals surface area contributed by atoms with Crippen LogP contribution in [0.5, 0.6) is 0 Å². The smallest absolute Gasteiger partial charge is 0.339 e. The SMILES string of the molecule is Cc1cc(NC(=O)c2ncc(-c3cn[nH]c3C(F)(F)F)n2C)ccc1C(=O)N1CCN(C(=O)C2CCNCC2)CC1. The van der Waals surface area contributed by atoms with Gasteiger partial charge in [-0.05, 0) is 56.6 Å². The first-order chi connectivity index (χ1) is 19.5. The molecule has 0 bridgehead atoms. The number of anilines is 1. The van der Waals surface area contributed by atoms with Crippen LogP contribution in [0.25, 0.3) is 11.3 Å². The van der Waals surface area contributed by atoms with E-state index in [2.05, 4.69) is 20.7 Å². The number of nitrogens with one attached hydrogen (secondary N) is 3. The minimum absolute atomic E-state index is 0.0452. The number of nitrogens with zero attached hydrogens (tertiary/aromatic N) is 5. The van der Waals surface area contributed by atoms with Crippen LogP contribution < -0.4 is 10.6 Å². The van der Waals surface area contributed by atoms with Crippen molar-refractivity contribution in [1.82, 2.24) is 34.9 Å². The topological polar surface area (TPSA) is 128 Å². The van der Waals surface area contributed by atoms with Crippen molar-refractivity contribution in [3.63, 3.8) is 0 Å². The average molecular weight is 573 g/mol. The molecule has 3 amide bonds. The molecule has 0 radical (unpaired) electrons. The Kier molecular flexibility index (Phi) is 7.84. The third kappa shape index (κ3) is 5.82. The normalized spacial score (nSPS) is 16.6. The number of alkyl halides is 3. The molecule has 14 heteroatoms. The van der Waals surface area contributed by atoms with Gasteiger partial charge >= 0.3 is 6.18 Å². The summed E-state index contributed by atoms with van der Waals surface area (Å²) in [5.41, 5.74) is 0.367. The fraction of sp³-hybridized carbons (Fsp3) is 0.444. The summed E-state index contributed by atoms with van der Waals surface area (Å²) in [7, 11) is 1.44. The molecule has 0 unspecified atom stereocenters. The highest BCUT2D eigenvalue weighted by Crippen LogP contribution is 2.35. The second-order valence-electron chi connectivity index (χ2n) is 10.3. The molecular weight excluding hydrogens is 541 g/mol. The van der Waals surface area contributed by atoms with E-state index in [4.69, 9.17) is 0 Å². The van der Waals surface area contributed by atoms with Crippen LogP contribution >= 0.6 is 0 Å². The monoisotopic (exact) mass is 572 g/mol. The van der Waals surface area contributed by atoms with Gasteiger partial charge in [0.2, 0.25) is 5.91 Å². The van der Waals surface area contributed by atoms with Crippen molar-refractivity contribution < 1.29 is 27.6 Å². The summed E-state index contributed by atoms with van der Waals surface area (Å²) in [6.45, 7) is 5.34. The summed E-state index contributed by atoms with van der Waals surface area (Å²) in [4.78, 5) is 46.6. The number of rotatable bonds is 5. The Morgan fingerprint density at radius 1 is 1.02 bits per heavy atom. The lowest BCUT2D eigenvalue weighted by atomic mass is 9.96. The number of benzene rings is 1. The van der Waals surface area contributed by atoms with E-state index in [1.807, 2.05) is 10.00 Å². The average Bonchev–Trinajstić information content (AvgIpc) is 3.60. The molecule has 0 spiro atoms. The van der Waals surface area contributed by atoms with Crippen LogP contribution in [0.15, 0.2) is 30.6 Å². The number of aromatic amines is 1. The van der Waals surface area contributed by atoms with E-state index in [9.17, 15) is 27.6 Å². The number of amides is 3. The van der Waals surface area contributed by atoms with Gasteiger partial charge in [-0.2, -0.15) is 18.3 Å². The maximum atomic E-state index is 13.3.